The Kier molecular flexibility index (Phi) is 8.87. The molecule has 1 atom stereocenters. The summed E-state index contributed by atoms with van der Waals surface area (Å²) in [4.78, 5) is 0. The summed E-state index contributed by atoms with van der Waals surface area (Å²) in [5.41, 5.74) is 0. The fraction of sp³-hybridized carbons (Fsp3) is 1.00. The summed E-state index contributed by atoms with van der Waals surface area (Å²) in [6, 6.07) is 0. The molecule has 0 bridgehead atoms. The van der Waals surface area contributed by atoms with E-state index in [1.807, 2.05) is 20.8 Å². The maximum Gasteiger partial charge on any atom is 0.175 e. The molecule has 0 radical (unpaired) electrons. The molecule has 13 heavy (non-hydrogen) atoms. The van der Waals surface area contributed by atoms with Gasteiger partial charge in [0.25, 0.3) is 0 Å². The van der Waals surface area contributed by atoms with E-state index in [2.05, 4.69) is 0 Å². The molecule has 0 unspecified atom stereocenters. The Balaban J connectivity index is 3.72. The molecule has 4 heteroatoms. The van der Waals surface area contributed by atoms with Gasteiger partial charge in [0.15, 0.2) is 6.29 Å². The van der Waals surface area contributed by atoms with Gasteiger partial charge in [0.05, 0.1) is 6.61 Å². The van der Waals surface area contributed by atoms with Crippen LogP contribution in [0.25, 0.3) is 0 Å². The van der Waals surface area contributed by atoms with E-state index < -0.39 is 0 Å². The van der Waals surface area contributed by atoms with Crippen LogP contribution >= 0.6 is 11.6 Å². The first-order chi connectivity index (χ1) is 6.26. The predicted octanol–water partition coefficient (Wildman–Crippen LogP) is 2.03. The SMILES string of the molecule is CCOC[C@H](Cl)C(OCC)OCC. The lowest BCUT2D eigenvalue weighted by atomic mass is 10.4. The van der Waals surface area contributed by atoms with Gasteiger partial charge in [-0.1, -0.05) is 0 Å². The lowest BCUT2D eigenvalue weighted by Gasteiger charge is -2.21. The number of halogens is 1. The third-order valence-electron chi connectivity index (χ3n) is 1.44. The Morgan fingerprint density at radius 3 is 1.92 bits per heavy atom. The summed E-state index contributed by atoms with van der Waals surface area (Å²) in [7, 11) is 0. The molecule has 0 N–H and O–H groups in total. The van der Waals surface area contributed by atoms with E-state index in [-0.39, 0.29) is 11.7 Å². The van der Waals surface area contributed by atoms with Gasteiger partial charge in [-0.05, 0) is 20.8 Å². The number of alkyl halides is 1. The van der Waals surface area contributed by atoms with Gasteiger partial charge in [-0.15, -0.1) is 11.6 Å². The summed E-state index contributed by atoms with van der Waals surface area (Å²) < 4.78 is 15.8. The van der Waals surface area contributed by atoms with Crippen molar-refractivity contribution in [3.8, 4) is 0 Å². The van der Waals surface area contributed by atoms with Crippen LogP contribution in [0.2, 0.25) is 0 Å². The van der Waals surface area contributed by atoms with Crippen molar-refractivity contribution in [3.05, 3.63) is 0 Å². The zero-order valence-corrected chi connectivity index (χ0v) is 9.34. The second-order valence-electron chi connectivity index (χ2n) is 2.45. The van der Waals surface area contributed by atoms with Crippen LogP contribution in [-0.2, 0) is 14.2 Å². The van der Waals surface area contributed by atoms with Crippen LogP contribution in [0.5, 0.6) is 0 Å². The fourth-order valence-electron chi connectivity index (χ4n) is 0.894. The molecule has 0 aromatic rings. The van der Waals surface area contributed by atoms with E-state index in [0.717, 1.165) is 0 Å². The van der Waals surface area contributed by atoms with Crippen molar-refractivity contribution in [2.45, 2.75) is 32.4 Å². The Morgan fingerprint density at radius 2 is 1.54 bits per heavy atom. The zero-order chi connectivity index (χ0) is 10.1. The quantitative estimate of drug-likeness (QED) is 0.453. The number of hydrogen-bond acceptors (Lipinski definition) is 3. The Labute approximate surface area is 85.3 Å². The third-order valence-corrected chi connectivity index (χ3v) is 1.77. The number of ether oxygens (including phenoxy) is 3. The summed E-state index contributed by atoms with van der Waals surface area (Å²) in [6.45, 7) is 8.07. The second kappa shape index (κ2) is 8.75. The number of hydrogen-bond donors (Lipinski definition) is 0. The van der Waals surface area contributed by atoms with Crippen molar-refractivity contribution in [2.24, 2.45) is 0 Å². The van der Waals surface area contributed by atoms with Crippen molar-refractivity contribution < 1.29 is 14.2 Å². The van der Waals surface area contributed by atoms with Crippen molar-refractivity contribution in [2.75, 3.05) is 26.4 Å². The van der Waals surface area contributed by atoms with Gasteiger partial charge in [-0.25, -0.2) is 0 Å². The average Bonchev–Trinajstić information content (AvgIpc) is 2.14. The van der Waals surface area contributed by atoms with Crippen LogP contribution in [0.3, 0.4) is 0 Å². The molecule has 3 nitrogen and oxygen atoms in total. The highest BCUT2D eigenvalue weighted by Crippen LogP contribution is 2.09. The monoisotopic (exact) mass is 210 g/mol. The summed E-state index contributed by atoms with van der Waals surface area (Å²) in [6.07, 6.45) is -0.358. The van der Waals surface area contributed by atoms with E-state index >= 15 is 0 Å². The Bertz CT molecular complexity index is 105. The molecule has 0 fully saturated rings. The first-order valence-corrected chi connectivity index (χ1v) is 5.14. The molecule has 0 aliphatic rings. The van der Waals surface area contributed by atoms with Gasteiger partial charge in [0, 0.05) is 19.8 Å². The lowest BCUT2D eigenvalue weighted by molar-refractivity contribution is -0.143. The van der Waals surface area contributed by atoms with Crippen LogP contribution in [-0.4, -0.2) is 38.1 Å². The molecule has 0 spiro atoms. The minimum Gasteiger partial charge on any atom is -0.380 e. The summed E-state index contributed by atoms with van der Waals surface area (Å²) in [5.74, 6) is 0. The van der Waals surface area contributed by atoms with Crippen molar-refractivity contribution in [1.29, 1.82) is 0 Å². The van der Waals surface area contributed by atoms with Gasteiger partial charge >= 0.3 is 0 Å². The molecule has 0 saturated heterocycles. The first-order valence-electron chi connectivity index (χ1n) is 4.71. The minimum atomic E-state index is -0.358. The van der Waals surface area contributed by atoms with Gasteiger partial charge in [0.1, 0.15) is 5.38 Å². The highest BCUT2D eigenvalue weighted by Gasteiger charge is 2.19. The van der Waals surface area contributed by atoms with Crippen LogP contribution in [0.15, 0.2) is 0 Å². The molecular formula is C9H19ClO3. The van der Waals surface area contributed by atoms with Crippen LogP contribution in [0.1, 0.15) is 20.8 Å². The third kappa shape index (κ3) is 6.27. The molecule has 0 saturated carbocycles. The normalized spacial score (nSPS) is 13.6. The Morgan fingerprint density at radius 1 is 1.00 bits per heavy atom. The molecular weight excluding hydrogens is 192 g/mol. The highest BCUT2D eigenvalue weighted by atomic mass is 35.5. The predicted molar refractivity (Wildman–Crippen MR) is 53.2 cm³/mol. The van der Waals surface area contributed by atoms with E-state index in [1.54, 1.807) is 0 Å². The number of rotatable bonds is 8. The molecule has 0 aromatic carbocycles. The van der Waals surface area contributed by atoms with E-state index in [0.29, 0.717) is 26.4 Å². The van der Waals surface area contributed by atoms with Gasteiger partial charge < -0.3 is 14.2 Å². The maximum absolute atomic E-state index is 6.01. The highest BCUT2D eigenvalue weighted by molar-refractivity contribution is 6.21. The van der Waals surface area contributed by atoms with Crippen molar-refractivity contribution in [3.63, 3.8) is 0 Å². The molecule has 0 aliphatic carbocycles. The molecule has 0 rings (SSSR count). The first kappa shape index (κ1) is 13.2. The standard InChI is InChI=1S/C9H19ClO3/c1-4-11-7-8(10)9(12-5-2)13-6-3/h8-9H,4-7H2,1-3H3/t8-/m0/s1. The van der Waals surface area contributed by atoms with E-state index in [1.165, 1.54) is 0 Å². The van der Waals surface area contributed by atoms with Gasteiger partial charge in [0.2, 0.25) is 0 Å². The van der Waals surface area contributed by atoms with Crippen molar-refractivity contribution in [1.82, 2.24) is 0 Å². The summed E-state index contributed by atoms with van der Waals surface area (Å²) >= 11 is 6.01. The average molecular weight is 211 g/mol. The van der Waals surface area contributed by atoms with Gasteiger partial charge in [-0.2, -0.15) is 0 Å². The van der Waals surface area contributed by atoms with Crippen LogP contribution < -0.4 is 0 Å². The van der Waals surface area contributed by atoms with Gasteiger partial charge in [-0.3, -0.25) is 0 Å². The second-order valence-corrected chi connectivity index (χ2v) is 3.02. The Hall–Kier alpha value is 0.170. The van der Waals surface area contributed by atoms with E-state index in [4.69, 9.17) is 25.8 Å². The molecule has 80 valence electrons. The van der Waals surface area contributed by atoms with Crippen LogP contribution in [0.4, 0.5) is 0 Å². The minimum absolute atomic E-state index is 0.236. The molecule has 0 amide bonds. The largest absolute Gasteiger partial charge is 0.380 e. The molecule has 0 aromatic heterocycles. The molecule has 0 heterocycles. The van der Waals surface area contributed by atoms with Crippen LogP contribution in [0, 0.1) is 0 Å². The lowest BCUT2D eigenvalue weighted by Crippen LogP contribution is -2.31. The maximum atomic E-state index is 6.01. The fourth-order valence-corrected chi connectivity index (χ4v) is 1.13. The van der Waals surface area contributed by atoms with E-state index in [9.17, 15) is 0 Å². The smallest absolute Gasteiger partial charge is 0.175 e. The topological polar surface area (TPSA) is 27.7 Å². The zero-order valence-electron chi connectivity index (χ0n) is 8.59. The van der Waals surface area contributed by atoms with Crippen molar-refractivity contribution >= 4 is 11.6 Å². The molecule has 0 aliphatic heterocycles. The summed E-state index contributed by atoms with van der Waals surface area (Å²) in [5, 5.41) is -0.236.